The highest BCUT2D eigenvalue weighted by Gasteiger charge is 2.38. The average Bonchev–Trinajstić information content (AvgIpc) is 2.78. The summed E-state index contributed by atoms with van der Waals surface area (Å²) in [6.07, 6.45) is 1.87. The van der Waals surface area contributed by atoms with Gasteiger partial charge in [-0.3, -0.25) is 4.79 Å². The van der Waals surface area contributed by atoms with E-state index >= 15 is 0 Å². The average molecular weight is 379 g/mol. The summed E-state index contributed by atoms with van der Waals surface area (Å²) in [6, 6.07) is 0. The summed E-state index contributed by atoms with van der Waals surface area (Å²) in [4.78, 5) is 23.4. The van der Waals surface area contributed by atoms with Crippen LogP contribution in [0.3, 0.4) is 0 Å². The van der Waals surface area contributed by atoms with Crippen molar-refractivity contribution in [1.82, 2.24) is 10.2 Å². The molecular formula is C12H14N2O4S4. The number of thioether (sulfide) groups is 3. The van der Waals surface area contributed by atoms with Gasteiger partial charge in [0.1, 0.15) is 11.2 Å². The smallest absolute Gasteiger partial charge is 0.343 e. The van der Waals surface area contributed by atoms with Crippen LogP contribution in [0.2, 0.25) is 0 Å². The van der Waals surface area contributed by atoms with Crippen LogP contribution in [0.15, 0.2) is 8.58 Å². The van der Waals surface area contributed by atoms with Crippen LogP contribution in [0.4, 0.5) is 0 Å². The van der Waals surface area contributed by atoms with Crippen molar-refractivity contribution >= 4 is 64.1 Å². The Morgan fingerprint density at radius 1 is 1.27 bits per heavy atom. The molecule has 1 aromatic heterocycles. The van der Waals surface area contributed by atoms with Gasteiger partial charge in [0, 0.05) is 0 Å². The molecule has 1 aliphatic rings. The van der Waals surface area contributed by atoms with Gasteiger partial charge in [0.15, 0.2) is 13.9 Å². The molecule has 0 amide bonds. The van der Waals surface area contributed by atoms with Crippen molar-refractivity contribution in [2.45, 2.75) is 35.3 Å². The second-order valence-corrected chi connectivity index (χ2v) is 9.97. The SMILES string of the molecule is CSc1nnc(C(C(=O)OC(C)(C)C)=C2SC(C(=O)O)S2)s1. The van der Waals surface area contributed by atoms with E-state index in [-0.39, 0.29) is 0 Å². The maximum Gasteiger partial charge on any atom is 0.343 e. The third-order valence-electron chi connectivity index (χ3n) is 2.23. The Morgan fingerprint density at radius 2 is 1.91 bits per heavy atom. The highest BCUT2D eigenvalue weighted by Crippen LogP contribution is 2.54. The Labute approximate surface area is 144 Å². The number of nitrogens with zero attached hydrogens (tertiary/aromatic N) is 2. The molecule has 1 aliphatic heterocycles. The molecular weight excluding hydrogens is 364 g/mol. The molecule has 0 spiro atoms. The lowest BCUT2D eigenvalue weighted by atomic mass is 10.2. The van der Waals surface area contributed by atoms with E-state index in [0.717, 1.165) is 27.9 Å². The largest absolute Gasteiger partial charge is 0.480 e. The van der Waals surface area contributed by atoms with Crippen molar-refractivity contribution in [3.05, 3.63) is 9.24 Å². The summed E-state index contributed by atoms with van der Waals surface area (Å²) < 4.78 is 6.17. The highest BCUT2D eigenvalue weighted by atomic mass is 32.3. The van der Waals surface area contributed by atoms with Crippen LogP contribution in [0.25, 0.3) is 5.57 Å². The van der Waals surface area contributed by atoms with Gasteiger partial charge in [-0.05, 0) is 27.0 Å². The first-order chi connectivity index (χ1) is 10.2. The Kier molecular flexibility index (Phi) is 5.46. The molecule has 10 heteroatoms. The highest BCUT2D eigenvalue weighted by molar-refractivity contribution is 8.39. The predicted molar refractivity (Wildman–Crippen MR) is 91.1 cm³/mol. The molecule has 1 fully saturated rings. The van der Waals surface area contributed by atoms with Crippen LogP contribution < -0.4 is 0 Å². The van der Waals surface area contributed by atoms with Crippen LogP contribution in [0.1, 0.15) is 25.8 Å². The lowest BCUT2D eigenvalue weighted by molar-refractivity contribution is -0.147. The minimum atomic E-state index is -0.913. The summed E-state index contributed by atoms with van der Waals surface area (Å²) in [5.41, 5.74) is -0.332. The number of rotatable bonds is 4. The first-order valence-electron chi connectivity index (χ1n) is 6.13. The van der Waals surface area contributed by atoms with Crippen molar-refractivity contribution in [3.8, 4) is 0 Å². The second kappa shape index (κ2) is 6.81. The van der Waals surface area contributed by atoms with Gasteiger partial charge in [0.2, 0.25) is 0 Å². The summed E-state index contributed by atoms with van der Waals surface area (Å²) >= 11 is 4.99. The molecule has 0 saturated carbocycles. The molecule has 1 N–H and O–H groups in total. The van der Waals surface area contributed by atoms with Crippen LogP contribution >= 0.6 is 46.6 Å². The van der Waals surface area contributed by atoms with E-state index in [2.05, 4.69) is 10.2 Å². The molecule has 0 aromatic carbocycles. The van der Waals surface area contributed by atoms with Gasteiger partial charge >= 0.3 is 11.9 Å². The molecule has 0 atom stereocenters. The Hall–Kier alpha value is -0.710. The zero-order chi connectivity index (χ0) is 16.5. The number of hydrogen-bond donors (Lipinski definition) is 1. The zero-order valence-electron chi connectivity index (χ0n) is 12.3. The summed E-state index contributed by atoms with van der Waals surface area (Å²) in [7, 11) is 0. The number of hydrogen-bond acceptors (Lipinski definition) is 9. The minimum absolute atomic E-state index is 0.306. The van der Waals surface area contributed by atoms with Gasteiger partial charge in [0.05, 0.1) is 4.24 Å². The number of carboxylic acid groups (broad SMARTS) is 1. The normalized spacial score (nSPS) is 17.8. The number of aromatic nitrogens is 2. The molecule has 0 radical (unpaired) electrons. The fourth-order valence-electron chi connectivity index (χ4n) is 1.40. The topological polar surface area (TPSA) is 89.4 Å². The van der Waals surface area contributed by atoms with Gasteiger partial charge in [-0.15, -0.1) is 10.2 Å². The lowest BCUT2D eigenvalue weighted by Gasteiger charge is -2.27. The number of carboxylic acids is 1. The molecule has 1 saturated heterocycles. The van der Waals surface area contributed by atoms with E-state index in [0.29, 0.717) is 14.8 Å². The Morgan fingerprint density at radius 3 is 2.36 bits per heavy atom. The van der Waals surface area contributed by atoms with Crippen molar-refractivity contribution in [2.75, 3.05) is 6.26 Å². The molecule has 22 heavy (non-hydrogen) atoms. The summed E-state index contributed by atoms with van der Waals surface area (Å²) in [5, 5.41) is 17.4. The van der Waals surface area contributed by atoms with E-state index in [1.165, 1.54) is 23.1 Å². The van der Waals surface area contributed by atoms with Crippen LogP contribution in [0, 0.1) is 0 Å². The van der Waals surface area contributed by atoms with Gasteiger partial charge in [-0.25, -0.2) is 4.79 Å². The zero-order valence-corrected chi connectivity index (χ0v) is 15.5. The summed E-state index contributed by atoms with van der Waals surface area (Å²) in [6.45, 7) is 5.34. The maximum atomic E-state index is 12.4. The fraction of sp³-hybridized carbons (Fsp3) is 0.500. The maximum absolute atomic E-state index is 12.4. The Bertz CT molecular complexity index is 627. The number of esters is 1. The molecule has 0 unspecified atom stereocenters. The number of ether oxygens (including phenoxy) is 1. The van der Waals surface area contributed by atoms with E-state index in [1.807, 2.05) is 6.26 Å². The van der Waals surface area contributed by atoms with Crippen molar-refractivity contribution in [1.29, 1.82) is 0 Å². The quantitative estimate of drug-likeness (QED) is 0.482. The molecule has 120 valence electrons. The second-order valence-electron chi connectivity index (χ2n) is 5.15. The summed E-state index contributed by atoms with van der Waals surface area (Å²) in [5.74, 6) is -1.42. The molecule has 2 heterocycles. The molecule has 0 bridgehead atoms. The third-order valence-corrected chi connectivity index (χ3v) is 6.97. The Balaban J connectivity index is 2.32. The lowest BCUT2D eigenvalue weighted by Crippen LogP contribution is -2.26. The monoisotopic (exact) mass is 378 g/mol. The van der Waals surface area contributed by atoms with E-state index in [4.69, 9.17) is 9.84 Å². The first kappa shape index (κ1) is 17.6. The first-order valence-corrected chi connectivity index (χ1v) is 9.93. The van der Waals surface area contributed by atoms with E-state index in [9.17, 15) is 9.59 Å². The van der Waals surface area contributed by atoms with Gasteiger partial charge in [0.25, 0.3) is 0 Å². The standard InChI is InChI=1S/C12H14N2O4S4/c1-12(2,3)18-8(17)5(6-13-14-11(19-4)20-6)9-21-10(22-9)7(15)16/h10H,1-4H3,(H,15,16). The van der Waals surface area contributed by atoms with Crippen molar-refractivity contribution < 1.29 is 19.4 Å². The van der Waals surface area contributed by atoms with Gasteiger partial charge < -0.3 is 9.84 Å². The number of carbonyl (C=O) groups is 2. The van der Waals surface area contributed by atoms with E-state index in [1.54, 1.807) is 20.8 Å². The van der Waals surface area contributed by atoms with Crippen LogP contribution in [-0.2, 0) is 14.3 Å². The molecule has 1 aromatic rings. The van der Waals surface area contributed by atoms with Crippen LogP contribution in [-0.4, -0.2) is 43.7 Å². The molecule has 0 aliphatic carbocycles. The van der Waals surface area contributed by atoms with E-state index < -0.39 is 22.1 Å². The predicted octanol–water partition coefficient (Wildman–Crippen LogP) is 3.16. The van der Waals surface area contributed by atoms with Crippen molar-refractivity contribution in [3.63, 3.8) is 0 Å². The third kappa shape index (κ3) is 4.18. The number of aliphatic carboxylic acids is 1. The number of carbonyl (C=O) groups excluding carboxylic acids is 1. The minimum Gasteiger partial charge on any atom is -0.480 e. The molecule has 2 rings (SSSR count). The van der Waals surface area contributed by atoms with Gasteiger partial charge in [-0.1, -0.05) is 46.6 Å². The van der Waals surface area contributed by atoms with Gasteiger partial charge in [-0.2, -0.15) is 0 Å². The van der Waals surface area contributed by atoms with Crippen molar-refractivity contribution in [2.24, 2.45) is 0 Å². The van der Waals surface area contributed by atoms with Crippen LogP contribution in [0.5, 0.6) is 0 Å². The fourth-order valence-corrected chi connectivity index (χ4v) is 4.91. The molecule has 6 nitrogen and oxygen atoms in total.